The van der Waals surface area contributed by atoms with E-state index < -0.39 is 0 Å². The second-order valence-electron chi connectivity index (χ2n) is 4.99. The van der Waals surface area contributed by atoms with Crippen molar-refractivity contribution in [1.82, 2.24) is 5.32 Å². The summed E-state index contributed by atoms with van der Waals surface area (Å²) in [5, 5.41) is 3.64. The normalized spacial score (nSPS) is 28.8. The molecule has 0 amide bonds. The maximum Gasteiger partial charge on any atom is 0.0652 e. The standard InChI is InChI=1S/C12H25NOS/c1-12(2)10(9-11(12)14-3)13-7-5-6-8-15-4/h10-11,13H,5-9H2,1-4H3. The molecule has 0 radical (unpaired) electrons. The van der Waals surface area contributed by atoms with Crippen molar-refractivity contribution in [2.45, 2.75) is 45.3 Å². The fourth-order valence-electron chi connectivity index (χ4n) is 2.28. The van der Waals surface area contributed by atoms with Gasteiger partial charge in [0.15, 0.2) is 0 Å². The van der Waals surface area contributed by atoms with Crippen LogP contribution in [0.4, 0.5) is 0 Å². The molecule has 2 atom stereocenters. The number of rotatable bonds is 7. The Morgan fingerprint density at radius 2 is 2.13 bits per heavy atom. The molecular formula is C12H25NOS. The van der Waals surface area contributed by atoms with Gasteiger partial charge in [-0.15, -0.1) is 0 Å². The molecule has 15 heavy (non-hydrogen) atoms. The van der Waals surface area contributed by atoms with Gasteiger partial charge in [0.05, 0.1) is 6.10 Å². The lowest BCUT2D eigenvalue weighted by atomic mass is 9.64. The third kappa shape index (κ3) is 3.36. The van der Waals surface area contributed by atoms with Crippen molar-refractivity contribution in [3.8, 4) is 0 Å². The maximum atomic E-state index is 5.43. The molecule has 0 aromatic rings. The topological polar surface area (TPSA) is 21.3 Å². The van der Waals surface area contributed by atoms with Crippen molar-refractivity contribution in [1.29, 1.82) is 0 Å². The summed E-state index contributed by atoms with van der Waals surface area (Å²) in [5.74, 6) is 1.29. The summed E-state index contributed by atoms with van der Waals surface area (Å²) in [6.07, 6.45) is 6.42. The van der Waals surface area contributed by atoms with Crippen molar-refractivity contribution in [2.24, 2.45) is 5.41 Å². The van der Waals surface area contributed by atoms with Crippen LogP contribution >= 0.6 is 11.8 Å². The van der Waals surface area contributed by atoms with E-state index in [1.54, 1.807) is 0 Å². The van der Waals surface area contributed by atoms with E-state index in [9.17, 15) is 0 Å². The van der Waals surface area contributed by atoms with E-state index in [-0.39, 0.29) is 0 Å². The molecule has 0 saturated heterocycles. The summed E-state index contributed by atoms with van der Waals surface area (Å²) >= 11 is 1.94. The van der Waals surface area contributed by atoms with Crippen LogP contribution < -0.4 is 5.32 Å². The summed E-state index contributed by atoms with van der Waals surface area (Å²) in [6, 6.07) is 0.650. The minimum Gasteiger partial charge on any atom is -0.381 e. The Kier molecular flexibility index (Phi) is 5.44. The molecule has 1 rings (SSSR count). The average molecular weight is 231 g/mol. The Bertz CT molecular complexity index is 184. The largest absolute Gasteiger partial charge is 0.381 e. The van der Waals surface area contributed by atoms with E-state index in [0.717, 1.165) is 6.54 Å². The molecule has 0 aromatic carbocycles. The van der Waals surface area contributed by atoms with E-state index in [2.05, 4.69) is 25.4 Å². The molecule has 2 unspecified atom stereocenters. The first-order valence-corrected chi connectivity index (χ1v) is 7.27. The molecule has 1 saturated carbocycles. The smallest absolute Gasteiger partial charge is 0.0652 e. The lowest BCUT2D eigenvalue weighted by molar-refractivity contribution is -0.0972. The van der Waals surface area contributed by atoms with Crippen LogP contribution in [-0.4, -0.2) is 37.8 Å². The third-order valence-corrected chi connectivity index (χ3v) is 4.33. The first-order valence-electron chi connectivity index (χ1n) is 5.88. The second-order valence-corrected chi connectivity index (χ2v) is 5.97. The molecule has 0 aliphatic heterocycles. The third-order valence-electron chi connectivity index (χ3n) is 3.63. The minimum atomic E-state index is 0.314. The Morgan fingerprint density at radius 1 is 1.40 bits per heavy atom. The molecule has 1 aliphatic rings. The fourth-order valence-corrected chi connectivity index (χ4v) is 2.77. The van der Waals surface area contributed by atoms with Crippen molar-refractivity contribution in [3.05, 3.63) is 0 Å². The quantitative estimate of drug-likeness (QED) is 0.680. The Balaban J connectivity index is 2.08. The minimum absolute atomic E-state index is 0.314. The van der Waals surface area contributed by atoms with Crippen LogP contribution in [0.15, 0.2) is 0 Å². The van der Waals surface area contributed by atoms with Gasteiger partial charge in [0, 0.05) is 18.6 Å². The van der Waals surface area contributed by atoms with Crippen LogP contribution in [0.3, 0.4) is 0 Å². The highest BCUT2D eigenvalue weighted by molar-refractivity contribution is 7.98. The monoisotopic (exact) mass is 231 g/mol. The lowest BCUT2D eigenvalue weighted by Crippen LogP contribution is -2.60. The van der Waals surface area contributed by atoms with Crippen LogP contribution in [0.1, 0.15) is 33.1 Å². The van der Waals surface area contributed by atoms with Crippen molar-refractivity contribution in [2.75, 3.05) is 25.7 Å². The molecule has 0 spiro atoms. The zero-order valence-corrected chi connectivity index (χ0v) is 11.3. The summed E-state index contributed by atoms with van der Waals surface area (Å²) < 4.78 is 5.43. The predicted molar refractivity (Wildman–Crippen MR) is 68.6 cm³/mol. The van der Waals surface area contributed by atoms with E-state index >= 15 is 0 Å². The zero-order valence-electron chi connectivity index (χ0n) is 10.5. The van der Waals surface area contributed by atoms with E-state index in [4.69, 9.17) is 4.74 Å². The molecule has 1 aliphatic carbocycles. The summed E-state index contributed by atoms with van der Waals surface area (Å²) in [6.45, 7) is 5.75. The Hall–Kier alpha value is 0.270. The SMILES string of the molecule is COC1CC(NCCCCSC)C1(C)C. The summed E-state index contributed by atoms with van der Waals surface area (Å²) in [7, 11) is 1.82. The van der Waals surface area contributed by atoms with Crippen LogP contribution in [-0.2, 0) is 4.74 Å². The van der Waals surface area contributed by atoms with Gasteiger partial charge in [-0.05, 0) is 37.8 Å². The highest BCUT2D eigenvalue weighted by Gasteiger charge is 2.47. The number of nitrogens with one attached hydrogen (secondary N) is 1. The average Bonchev–Trinajstić information content (AvgIpc) is 2.21. The Morgan fingerprint density at radius 3 is 2.67 bits per heavy atom. The van der Waals surface area contributed by atoms with Gasteiger partial charge in [-0.2, -0.15) is 11.8 Å². The molecule has 1 fully saturated rings. The number of unbranched alkanes of at least 4 members (excludes halogenated alkanes) is 1. The van der Waals surface area contributed by atoms with Crippen LogP contribution in [0.2, 0.25) is 0 Å². The van der Waals surface area contributed by atoms with Gasteiger partial charge in [-0.1, -0.05) is 13.8 Å². The fraction of sp³-hybridized carbons (Fsp3) is 1.00. The molecule has 90 valence electrons. The Labute approximate surface area is 98.5 Å². The van der Waals surface area contributed by atoms with Crippen molar-refractivity contribution in [3.63, 3.8) is 0 Å². The first-order chi connectivity index (χ1) is 7.12. The van der Waals surface area contributed by atoms with Gasteiger partial charge in [-0.3, -0.25) is 0 Å². The molecule has 0 aromatic heterocycles. The predicted octanol–water partition coefficient (Wildman–Crippen LogP) is 2.53. The molecule has 0 bridgehead atoms. The molecular weight excluding hydrogens is 206 g/mol. The van der Waals surface area contributed by atoms with Crippen molar-refractivity contribution < 1.29 is 4.74 Å². The molecule has 3 heteroatoms. The molecule has 1 N–H and O–H groups in total. The summed E-state index contributed by atoms with van der Waals surface area (Å²) in [4.78, 5) is 0. The second kappa shape index (κ2) is 6.12. The number of hydrogen-bond donors (Lipinski definition) is 1. The van der Waals surface area contributed by atoms with Crippen molar-refractivity contribution >= 4 is 11.8 Å². The van der Waals surface area contributed by atoms with Crippen LogP contribution in [0, 0.1) is 5.41 Å². The van der Waals surface area contributed by atoms with Gasteiger partial charge in [-0.25, -0.2) is 0 Å². The molecule has 0 heterocycles. The van der Waals surface area contributed by atoms with Gasteiger partial charge >= 0.3 is 0 Å². The van der Waals surface area contributed by atoms with Gasteiger partial charge in [0.2, 0.25) is 0 Å². The van der Waals surface area contributed by atoms with Crippen LogP contribution in [0.25, 0.3) is 0 Å². The maximum absolute atomic E-state index is 5.43. The highest BCUT2D eigenvalue weighted by atomic mass is 32.2. The van der Waals surface area contributed by atoms with E-state index in [1.807, 2.05) is 18.9 Å². The van der Waals surface area contributed by atoms with Gasteiger partial charge < -0.3 is 10.1 Å². The van der Waals surface area contributed by atoms with Crippen LogP contribution in [0.5, 0.6) is 0 Å². The number of methoxy groups -OCH3 is 1. The molecule has 2 nitrogen and oxygen atoms in total. The first kappa shape index (κ1) is 13.3. The number of ether oxygens (including phenoxy) is 1. The van der Waals surface area contributed by atoms with Gasteiger partial charge in [0.25, 0.3) is 0 Å². The highest BCUT2D eigenvalue weighted by Crippen LogP contribution is 2.42. The summed E-state index contributed by atoms with van der Waals surface area (Å²) in [5.41, 5.74) is 0.314. The lowest BCUT2D eigenvalue weighted by Gasteiger charge is -2.51. The number of thioether (sulfide) groups is 1. The van der Waals surface area contributed by atoms with E-state index in [1.165, 1.54) is 25.0 Å². The van der Waals surface area contributed by atoms with E-state index in [0.29, 0.717) is 17.6 Å². The number of hydrogen-bond acceptors (Lipinski definition) is 3. The van der Waals surface area contributed by atoms with Gasteiger partial charge in [0.1, 0.15) is 0 Å². The zero-order chi connectivity index (χ0) is 11.3.